The molecule has 0 amide bonds. The summed E-state index contributed by atoms with van der Waals surface area (Å²) < 4.78 is 0. The predicted molar refractivity (Wildman–Crippen MR) is 81.4 cm³/mol. The predicted octanol–water partition coefficient (Wildman–Crippen LogP) is 4.17. The highest BCUT2D eigenvalue weighted by molar-refractivity contribution is 8.00. The maximum atomic E-state index is 3.62. The number of hydrogen-bond acceptors (Lipinski definition) is 2. The lowest BCUT2D eigenvalue weighted by molar-refractivity contribution is 0.441. The van der Waals surface area contributed by atoms with Crippen molar-refractivity contribution in [3.8, 4) is 0 Å². The fraction of sp³-hybridized carbons (Fsp3) is 0.625. The molecule has 0 spiro atoms. The highest BCUT2D eigenvalue weighted by atomic mass is 32.2. The zero-order valence-corrected chi connectivity index (χ0v) is 12.8. The van der Waals surface area contributed by atoms with Crippen LogP contribution in [0.5, 0.6) is 0 Å². The molecule has 0 heterocycles. The molecule has 1 nitrogen and oxygen atoms in total. The monoisotopic (exact) mass is 263 g/mol. The van der Waals surface area contributed by atoms with Crippen molar-refractivity contribution < 1.29 is 0 Å². The zero-order chi connectivity index (χ0) is 13.1. The molecular formula is C16H25NS. The van der Waals surface area contributed by atoms with Gasteiger partial charge in [0.2, 0.25) is 0 Å². The van der Waals surface area contributed by atoms with Crippen molar-refractivity contribution in [2.75, 3.05) is 6.54 Å². The minimum atomic E-state index is 0.720. The number of nitrogens with one attached hydrogen (secondary N) is 1. The van der Waals surface area contributed by atoms with Crippen LogP contribution in [0, 0.1) is 19.8 Å². The van der Waals surface area contributed by atoms with Crippen LogP contribution in [0.2, 0.25) is 0 Å². The molecular weight excluding hydrogens is 238 g/mol. The highest BCUT2D eigenvalue weighted by Crippen LogP contribution is 2.40. The molecule has 0 aliphatic heterocycles. The molecule has 18 heavy (non-hydrogen) atoms. The van der Waals surface area contributed by atoms with Crippen LogP contribution in [0.4, 0.5) is 0 Å². The summed E-state index contributed by atoms with van der Waals surface area (Å²) in [4.78, 5) is 1.48. The zero-order valence-electron chi connectivity index (χ0n) is 12.0. The van der Waals surface area contributed by atoms with E-state index in [9.17, 15) is 0 Å². The summed E-state index contributed by atoms with van der Waals surface area (Å²) in [6, 6.07) is 7.52. The van der Waals surface area contributed by atoms with Crippen LogP contribution in [0.3, 0.4) is 0 Å². The van der Waals surface area contributed by atoms with Gasteiger partial charge in [-0.05, 0) is 50.8 Å². The number of aryl methyl sites for hydroxylation is 2. The molecule has 1 saturated carbocycles. The molecule has 1 fully saturated rings. The molecule has 3 unspecified atom stereocenters. The Hall–Kier alpha value is -0.470. The molecule has 1 N–H and O–H groups in total. The van der Waals surface area contributed by atoms with Gasteiger partial charge in [-0.1, -0.05) is 31.5 Å². The van der Waals surface area contributed by atoms with E-state index >= 15 is 0 Å². The number of hydrogen-bond donors (Lipinski definition) is 1. The van der Waals surface area contributed by atoms with Crippen LogP contribution in [-0.2, 0) is 0 Å². The Morgan fingerprint density at radius 3 is 2.78 bits per heavy atom. The van der Waals surface area contributed by atoms with Crippen molar-refractivity contribution in [2.24, 2.45) is 5.92 Å². The van der Waals surface area contributed by atoms with Crippen molar-refractivity contribution in [3.05, 3.63) is 29.3 Å². The van der Waals surface area contributed by atoms with Crippen molar-refractivity contribution in [1.29, 1.82) is 0 Å². The lowest BCUT2D eigenvalue weighted by atomic mass is 10.1. The summed E-state index contributed by atoms with van der Waals surface area (Å²) in [5.74, 6) is 0.773. The Morgan fingerprint density at radius 2 is 2.06 bits per heavy atom. The minimum absolute atomic E-state index is 0.720. The quantitative estimate of drug-likeness (QED) is 0.875. The Morgan fingerprint density at radius 1 is 1.28 bits per heavy atom. The molecule has 1 aliphatic carbocycles. The molecule has 3 atom stereocenters. The van der Waals surface area contributed by atoms with Crippen molar-refractivity contribution in [2.45, 2.75) is 56.7 Å². The van der Waals surface area contributed by atoms with E-state index in [4.69, 9.17) is 0 Å². The normalized spacial score (nSPS) is 27.7. The molecule has 100 valence electrons. The molecule has 1 aliphatic rings. The maximum absolute atomic E-state index is 3.62. The van der Waals surface area contributed by atoms with E-state index in [0.29, 0.717) is 0 Å². The second-order valence-electron chi connectivity index (χ2n) is 5.53. The van der Waals surface area contributed by atoms with E-state index < -0.39 is 0 Å². The number of rotatable bonds is 4. The standard InChI is InChI=1S/C16H25NS/c1-5-17-14-8-9-15(13(14)4)18-16-10-11(2)6-7-12(16)3/h6-7,10,13-15,17H,5,8-9H2,1-4H3. The Kier molecular flexibility index (Phi) is 4.74. The van der Waals surface area contributed by atoms with Crippen LogP contribution in [0.15, 0.2) is 23.1 Å². The Bertz CT molecular complexity index is 402. The highest BCUT2D eigenvalue weighted by Gasteiger charge is 2.32. The van der Waals surface area contributed by atoms with Gasteiger partial charge in [0.15, 0.2) is 0 Å². The Balaban J connectivity index is 2.04. The molecule has 0 aromatic heterocycles. The average molecular weight is 263 g/mol. The summed E-state index contributed by atoms with van der Waals surface area (Å²) >= 11 is 2.09. The first-order valence-electron chi connectivity index (χ1n) is 7.09. The van der Waals surface area contributed by atoms with Gasteiger partial charge in [0.25, 0.3) is 0 Å². The summed E-state index contributed by atoms with van der Waals surface area (Å²) in [7, 11) is 0. The smallest absolute Gasteiger partial charge is 0.0135 e. The SMILES string of the molecule is CCNC1CCC(Sc2cc(C)ccc2C)C1C. The van der Waals surface area contributed by atoms with Gasteiger partial charge < -0.3 is 5.32 Å². The van der Waals surface area contributed by atoms with Crippen LogP contribution in [0.1, 0.15) is 37.8 Å². The fourth-order valence-corrected chi connectivity index (χ4v) is 4.33. The van der Waals surface area contributed by atoms with Crippen molar-refractivity contribution in [3.63, 3.8) is 0 Å². The number of benzene rings is 1. The van der Waals surface area contributed by atoms with Gasteiger partial charge in [0, 0.05) is 16.2 Å². The van der Waals surface area contributed by atoms with Gasteiger partial charge in [-0.15, -0.1) is 11.8 Å². The van der Waals surface area contributed by atoms with E-state index in [2.05, 4.69) is 63.0 Å². The van der Waals surface area contributed by atoms with Crippen LogP contribution in [0.25, 0.3) is 0 Å². The first-order chi connectivity index (χ1) is 8.61. The van der Waals surface area contributed by atoms with Crippen molar-refractivity contribution >= 4 is 11.8 Å². The molecule has 1 aromatic carbocycles. The topological polar surface area (TPSA) is 12.0 Å². The van der Waals surface area contributed by atoms with E-state index in [0.717, 1.165) is 23.8 Å². The lowest BCUT2D eigenvalue weighted by Crippen LogP contribution is -2.33. The first kappa shape index (κ1) is 14.0. The largest absolute Gasteiger partial charge is 0.314 e. The van der Waals surface area contributed by atoms with Crippen LogP contribution in [-0.4, -0.2) is 17.8 Å². The lowest BCUT2D eigenvalue weighted by Gasteiger charge is -2.21. The third kappa shape index (κ3) is 3.10. The molecule has 2 heteroatoms. The van der Waals surface area contributed by atoms with Crippen molar-refractivity contribution in [1.82, 2.24) is 5.32 Å². The van der Waals surface area contributed by atoms with Gasteiger partial charge in [-0.3, -0.25) is 0 Å². The Labute approximate surface area is 116 Å². The summed E-state index contributed by atoms with van der Waals surface area (Å²) in [6.07, 6.45) is 2.68. The summed E-state index contributed by atoms with van der Waals surface area (Å²) in [6.45, 7) is 10.1. The van der Waals surface area contributed by atoms with E-state index in [1.165, 1.54) is 28.9 Å². The van der Waals surface area contributed by atoms with Gasteiger partial charge >= 0.3 is 0 Å². The summed E-state index contributed by atoms with van der Waals surface area (Å²) in [5, 5.41) is 4.40. The number of thioether (sulfide) groups is 1. The summed E-state index contributed by atoms with van der Waals surface area (Å²) in [5.41, 5.74) is 2.79. The molecule has 2 rings (SSSR count). The maximum Gasteiger partial charge on any atom is 0.0135 e. The molecule has 1 aromatic rings. The van der Waals surface area contributed by atoms with Crippen LogP contribution >= 0.6 is 11.8 Å². The average Bonchev–Trinajstić information content (AvgIpc) is 2.67. The van der Waals surface area contributed by atoms with Gasteiger partial charge in [-0.2, -0.15) is 0 Å². The molecule has 0 bridgehead atoms. The second kappa shape index (κ2) is 6.12. The van der Waals surface area contributed by atoms with E-state index in [1.54, 1.807) is 0 Å². The van der Waals surface area contributed by atoms with Gasteiger partial charge in [-0.25, -0.2) is 0 Å². The van der Waals surface area contributed by atoms with Gasteiger partial charge in [0.05, 0.1) is 0 Å². The third-order valence-corrected chi connectivity index (χ3v) is 5.73. The second-order valence-corrected chi connectivity index (χ2v) is 6.81. The van der Waals surface area contributed by atoms with E-state index in [-0.39, 0.29) is 0 Å². The first-order valence-corrected chi connectivity index (χ1v) is 7.97. The third-order valence-electron chi connectivity index (χ3n) is 4.07. The molecule has 0 radical (unpaired) electrons. The fourth-order valence-electron chi connectivity index (χ4n) is 2.84. The van der Waals surface area contributed by atoms with Crippen LogP contribution < -0.4 is 5.32 Å². The van der Waals surface area contributed by atoms with Gasteiger partial charge in [0.1, 0.15) is 0 Å². The molecule has 0 saturated heterocycles. The van der Waals surface area contributed by atoms with E-state index in [1.807, 2.05) is 0 Å². The minimum Gasteiger partial charge on any atom is -0.314 e.